The molecular weight excluding hydrogens is 486 g/mol. The minimum Gasteiger partial charge on any atom is -0.355 e. The van der Waals surface area contributed by atoms with Crippen molar-refractivity contribution in [2.75, 3.05) is 5.32 Å². The van der Waals surface area contributed by atoms with Gasteiger partial charge in [-0.05, 0) is 59.0 Å². The molecule has 1 atom stereocenters. The molecule has 4 N–H and O–H groups in total. The summed E-state index contributed by atoms with van der Waals surface area (Å²) in [5, 5.41) is 7.99. The lowest BCUT2D eigenvalue weighted by molar-refractivity contribution is 0.306. The van der Waals surface area contributed by atoms with Crippen LogP contribution in [0, 0.1) is 9.39 Å². The fourth-order valence-corrected chi connectivity index (χ4v) is 3.50. The molecule has 2 aromatic rings. The van der Waals surface area contributed by atoms with E-state index in [2.05, 4.69) is 42.1 Å². The third-order valence-corrected chi connectivity index (χ3v) is 5.34. The molecule has 1 aliphatic heterocycles. The predicted octanol–water partition coefficient (Wildman–Crippen LogP) is 1.68. The maximum absolute atomic E-state index is 14.2. The number of hydroxylamine groups is 1. The Hall–Kier alpha value is -1.61. The van der Waals surface area contributed by atoms with E-state index in [0.29, 0.717) is 5.69 Å². The van der Waals surface area contributed by atoms with E-state index in [1.165, 1.54) is 0 Å². The molecule has 2 aromatic carbocycles. The number of amidine groups is 1. The van der Waals surface area contributed by atoms with E-state index in [4.69, 9.17) is 5.14 Å². The van der Waals surface area contributed by atoms with Gasteiger partial charge in [-0.3, -0.25) is 0 Å². The number of sulfonamides is 1. The number of hydrogen-bond acceptors (Lipinski definition) is 6. The van der Waals surface area contributed by atoms with Gasteiger partial charge < -0.3 is 5.32 Å². The number of nitrogens with two attached hydrogens (primary N) is 1. The summed E-state index contributed by atoms with van der Waals surface area (Å²) in [5.41, 5.74) is 3.26. The highest BCUT2D eigenvalue weighted by molar-refractivity contribution is 14.1. The third kappa shape index (κ3) is 4.14. The van der Waals surface area contributed by atoms with Gasteiger partial charge in [0.2, 0.25) is 10.0 Å². The summed E-state index contributed by atoms with van der Waals surface area (Å²) in [4.78, 5) is -0.710. The summed E-state index contributed by atoms with van der Waals surface area (Å²) in [6.45, 7) is 0. The molecular formula is C13H10FIN4O4S2. The van der Waals surface area contributed by atoms with E-state index in [9.17, 15) is 17.0 Å². The fraction of sp³-hybridized carbons (Fsp3) is 0. The topological polar surface area (TPSA) is 123 Å². The van der Waals surface area contributed by atoms with Crippen LogP contribution in [0.2, 0.25) is 0 Å². The Labute approximate surface area is 158 Å². The first kappa shape index (κ1) is 18.2. The molecule has 12 heteroatoms. The fourth-order valence-electron chi connectivity index (χ4n) is 2.05. The van der Waals surface area contributed by atoms with Gasteiger partial charge in [0.15, 0.2) is 5.84 Å². The predicted molar refractivity (Wildman–Crippen MR) is 99.1 cm³/mol. The molecule has 0 saturated heterocycles. The minimum atomic E-state index is -4.30. The molecule has 0 radical (unpaired) electrons. The van der Waals surface area contributed by atoms with Crippen LogP contribution in [0.4, 0.5) is 15.8 Å². The summed E-state index contributed by atoms with van der Waals surface area (Å²) >= 11 is 0.167. The summed E-state index contributed by atoms with van der Waals surface area (Å²) in [7, 11) is -4.30. The number of nitrogens with one attached hydrogen (secondary N) is 2. The maximum atomic E-state index is 14.2. The van der Waals surface area contributed by atoms with Gasteiger partial charge in [0.05, 0.1) is 5.69 Å². The number of rotatable bonds is 4. The van der Waals surface area contributed by atoms with Crippen molar-refractivity contribution in [1.29, 1.82) is 0 Å². The first-order valence-electron chi connectivity index (χ1n) is 6.57. The smallest absolute Gasteiger partial charge is 0.309 e. The molecule has 3 rings (SSSR count). The lowest BCUT2D eigenvalue weighted by atomic mass is 10.1. The van der Waals surface area contributed by atoms with E-state index in [-0.39, 0.29) is 17.1 Å². The zero-order valence-electron chi connectivity index (χ0n) is 12.2. The van der Waals surface area contributed by atoms with Crippen LogP contribution in [-0.2, 0) is 25.6 Å². The molecule has 1 heterocycles. The zero-order chi connectivity index (χ0) is 18.2. The van der Waals surface area contributed by atoms with Crippen molar-refractivity contribution in [3.63, 3.8) is 0 Å². The van der Waals surface area contributed by atoms with Gasteiger partial charge >= 0.3 is 11.3 Å². The van der Waals surface area contributed by atoms with Crippen molar-refractivity contribution in [2.24, 2.45) is 9.54 Å². The number of hydrogen-bond donors (Lipinski definition) is 3. The Bertz CT molecular complexity index is 996. The van der Waals surface area contributed by atoms with Crippen LogP contribution >= 0.6 is 22.6 Å². The molecule has 132 valence electrons. The van der Waals surface area contributed by atoms with Crippen LogP contribution in [0.15, 0.2) is 45.7 Å². The van der Waals surface area contributed by atoms with E-state index in [1.807, 2.05) is 12.1 Å². The zero-order valence-corrected chi connectivity index (χ0v) is 16.0. The van der Waals surface area contributed by atoms with Crippen molar-refractivity contribution >= 4 is 61.1 Å². The van der Waals surface area contributed by atoms with Crippen molar-refractivity contribution in [3.8, 4) is 0 Å². The van der Waals surface area contributed by atoms with Gasteiger partial charge in [-0.1, -0.05) is 0 Å². The molecule has 0 aliphatic carbocycles. The third-order valence-electron chi connectivity index (χ3n) is 3.13. The van der Waals surface area contributed by atoms with Gasteiger partial charge in [0, 0.05) is 14.8 Å². The molecule has 0 spiro atoms. The molecule has 1 unspecified atom stereocenters. The summed E-state index contributed by atoms with van der Waals surface area (Å²) < 4.78 is 57.9. The lowest BCUT2D eigenvalue weighted by Crippen LogP contribution is -2.21. The minimum absolute atomic E-state index is 0.0174. The maximum Gasteiger partial charge on any atom is 0.309 e. The molecule has 8 nitrogen and oxygen atoms in total. The standard InChI is InChI=1S/C13H10FIN4O4S2/c14-10-6-11(17-8-3-1-7(15)2-4-8)9(5-12(10)25(16,21)22)13-18-23-24(20)19-13/h1-6,17H,(H,18,19)(H2,16,21,22). The Morgan fingerprint density at radius 3 is 2.52 bits per heavy atom. The van der Waals surface area contributed by atoms with Crippen LogP contribution in [0.1, 0.15) is 5.56 Å². The van der Waals surface area contributed by atoms with Crippen LogP contribution in [-0.4, -0.2) is 18.5 Å². The Kier molecular flexibility index (Phi) is 5.06. The van der Waals surface area contributed by atoms with Crippen molar-refractivity contribution in [2.45, 2.75) is 4.90 Å². The Morgan fingerprint density at radius 1 is 1.28 bits per heavy atom. The SMILES string of the molecule is NS(=O)(=O)c1cc(C2=NS(=O)ON2)c(Nc2ccc(I)cc2)cc1F. The molecule has 1 aliphatic rings. The molecule has 0 fully saturated rings. The van der Waals surface area contributed by atoms with Crippen LogP contribution < -0.4 is 15.9 Å². The summed E-state index contributed by atoms with van der Waals surface area (Å²) in [6.07, 6.45) is 0. The normalized spacial score (nSPS) is 17.1. The van der Waals surface area contributed by atoms with Crippen LogP contribution in [0.3, 0.4) is 0 Å². The van der Waals surface area contributed by atoms with Crippen LogP contribution in [0.5, 0.6) is 0 Å². The second-order valence-electron chi connectivity index (χ2n) is 4.85. The lowest BCUT2D eigenvalue weighted by Gasteiger charge is -2.14. The van der Waals surface area contributed by atoms with Gasteiger partial charge in [-0.25, -0.2) is 27.6 Å². The number of benzene rings is 2. The summed E-state index contributed by atoms with van der Waals surface area (Å²) in [6, 6.07) is 9.16. The van der Waals surface area contributed by atoms with E-state index < -0.39 is 32.0 Å². The van der Waals surface area contributed by atoms with Crippen molar-refractivity contribution in [3.05, 3.63) is 51.3 Å². The van der Waals surface area contributed by atoms with E-state index in [1.54, 1.807) is 12.1 Å². The van der Waals surface area contributed by atoms with Crippen molar-refractivity contribution < 1.29 is 21.3 Å². The van der Waals surface area contributed by atoms with Gasteiger partial charge in [-0.2, -0.15) is 4.28 Å². The van der Waals surface area contributed by atoms with Crippen LogP contribution in [0.25, 0.3) is 0 Å². The largest absolute Gasteiger partial charge is 0.355 e. The second kappa shape index (κ2) is 6.95. The first-order chi connectivity index (χ1) is 11.7. The summed E-state index contributed by atoms with van der Waals surface area (Å²) in [5.74, 6) is -1.05. The van der Waals surface area contributed by atoms with Gasteiger partial charge in [0.1, 0.15) is 10.7 Å². The second-order valence-corrected chi connectivity index (χ2v) is 8.41. The number of primary sulfonamides is 1. The molecule has 0 aromatic heterocycles. The molecule has 0 saturated carbocycles. The molecule has 0 bridgehead atoms. The highest BCUT2D eigenvalue weighted by Gasteiger charge is 2.24. The average Bonchev–Trinajstić information content (AvgIpc) is 2.95. The number of nitrogens with zero attached hydrogens (tertiary/aromatic N) is 1. The van der Waals surface area contributed by atoms with Gasteiger partial charge in [-0.15, -0.1) is 4.40 Å². The number of halogens is 2. The highest BCUT2D eigenvalue weighted by Crippen LogP contribution is 2.28. The van der Waals surface area contributed by atoms with E-state index >= 15 is 0 Å². The average molecular weight is 496 g/mol. The number of anilines is 2. The molecule has 25 heavy (non-hydrogen) atoms. The van der Waals surface area contributed by atoms with Crippen molar-refractivity contribution in [1.82, 2.24) is 5.48 Å². The highest BCUT2D eigenvalue weighted by atomic mass is 127. The quantitative estimate of drug-likeness (QED) is 0.554. The molecule has 0 amide bonds. The Morgan fingerprint density at radius 2 is 1.96 bits per heavy atom. The van der Waals surface area contributed by atoms with Gasteiger partial charge in [0.25, 0.3) is 0 Å². The van der Waals surface area contributed by atoms with E-state index in [0.717, 1.165) is 15.7 Å². The Balaban J connectivity index is 2.12. The monoisotopic (exact) mass is 496 g/mol. The first-order valence-corrected chi connectivity index (χ1v) is 10.2.